The Morgan fingerprint density at radius 2 is 1.90 bits per heavy atom. The molecule has 0 aliphatic carbocycles. The number of piperidine rings is 1. The average Bonchev–Trinajstić information content (AvgIpc) is 2.51. The highest BCUT2D eigenvalue weighted by Gasteiger charge is 2.41. The van der Waals surface area contributed by atoms with E-state index in [1.54, 1.807) is 12.4 Å². The Morgan fingerprint density at radius 1 is 1.24 bits per heavy atom. The highest BCUT2D eigenvalue weighted by atomic mass is 28.4. The van der Waals surface area contributed by atoms with Crippen molar-refractivity contribution < 1.29 is 14.0 Å². The molecule has 7 nitrogen and oxygen atoms in total. The number of nitrogens with two attached hydrogens (primary N) is 1. The minimum Gasteiger partial charge on any atom is -0.444 e. The lowest BCUT2D eigenvalue weighted by atomic mass is 10.0. The molecular weight excluding hydrogens is 384 g/mol. The first-order valence-corrected chi connectivity index (χ1v) is 13.2. The molecule has 0 unspecified atom stereocenters. The molecular formula is C21H38N4O3Si. The Balaban J connectivity index is 2.21. The highest BCUT2D eigenvalue weighted by molar-refractivity contribution is 6.74. The summed E-state index contributed by atoms with van der Waals surface area (Å²) < 4.78 is 12.2. The highest BCUT2D eigenvalue weighted by Crippen LogP contribution is 2.38. The van der Waals surface area contributed by atoms with E-state index >= 15 is 0 Å². The standard InChI is InChI=1S/C21H38N4O3Si/c1-20(2,3)27-19(26)24-15-11-16(28-29(7,8)21(4,5)6)14-25(13-15)18-9-10-23-12-17(18)22/h9-10,12,15-16H,11,13-14,22H2,1-8H3,(H,24,26)/t15-,16-/m0/s1. The van der Waals surface area contributed by atoms with Crippen LogP contribution < -0.4 is 16.0 Å². The van der Waals surface area contributed by atoms with Crippen LogP contribution in [0, 0.1) is 0 Å². The molecule has 164 valence electrons. The van der Waals surface area contributed by atoms with Crippen LogP contribution in [0.2, 0.25) is 18.1 Å². The first kappa shape index (κ1) is 23.5. The van der Waals surface area contributed by atoms with Crippen LogP contribution in [0.15, 0.2) is 18.5 Å². The minimum atomic E-state index is -1.96. The van der Waals surface area contributed by atoms with E-state index in [0.717, 1.165) is 18.7 Å². The smallest absolute Gasteiger partial charge is 0.407 e. The van der Waals surface area contributed by atoms with Gasteiger partial charge in [0.05, 0.1) is 29.7 Å². The van der Waals surface area contributed by atoms with Crippen LogP contribution >= 0.6 is 0 Å². The average molecular weight is 423 g/mol. The van der Waals surface area contributed by atoms with Gasteiger partial charge in [0.1, 0.15) is 5.60 Å². The van der Waals surface area contributed by atoms with Gasteiger partial charge in [0.2, 0.25) is 0 Å². The third kappa shape index (κ3) is 6.60. The van der Waals surface area contributed by atoms with E-state index in [9.17, 15) is 4.79 Å². The zero-order valence-corrected chi connectivity index (χ0v) is 20.2. The normalized spacial score (nSPS) is 21.0. The Morgan fingerprint density at radius 3 is 2.45 bits per heavy atom. The van der Waals surface area contributed by atoms with Crippen molar-refractivity contribution in [2.45, 2.75) is 83.8 Å². The number of amides is 1. The number of aromatic nitrogens is 1. The number of ether oxygens (including phenoxy) is 1. The van der Waals surface area contributed by atoms with Gasteiger partial charge in [-0.2, -0.15) is 0 Å². The number of nitrogen functional groups attached to an aromatic ring is 1. The fourth-order valence-corrected chi connectivity index (χ4v) is 4.55. The van der Waals surface area contributed by atoms with Gasteiger partial charge in [0, 0.05) is 19.3 Å². The van der Waals surface area contributed by atoms with Gasteiger partial charge < -0.3 is 25.1 Å². The molecule has 1 amide bonds. The lowest BCUT2D eigenvalue weighted by Gasteiger charge is -2.45. The molecule has 0 saturated carbocycles. The van der Waals surface area contributed by atoms with Crippen LogP contribution in [-0.2, 0) is 9.16 Å². The number of carbonyl (C=O) groups excluding carboxylic acids is 1. The molecule has 1 aromatic rings. The van der Waals surface area contributed by atoms with Gasteiger partial charge in [-0.25, -0.2) is 4.79 Å². The molecule has 2 heterocycles. The van der Waals surface area contributed by atoms with Gasteiger partial charge in [0.25, 0.3) is 0 Å². The van der Waals surface area contributed by atoms with Gasteiger partial charge >= 0.3 is 6.09 Å². The second-order valence-electron chi connectivity index (χ2n) is 10.4. The molecule has 2 atom stereocenters. The van der Waals surface area contributed by atoms with Crippen LogP contribution in [0.4, 0.5) is 16.2 Å². The monoisotopic (exact) mass is 422 g/mol. The van der Waals surface area contributed by atoms with Crippen molar-refractivity contribution in [3.8, 4) is 0 Å². The SMILES string of the molecule is CC(C)(C)OC(=O)N[C@H]1C[C@H](O[Si](C)(C)C(C)(C)C)CN(c2ccncc2N)C1. The molecule has 0 spiro atoms. The first-order valence-electron chi connectivity index (χ1n) is 10.3. The van der Waals surface area contributed by atoms with Gasteiger partial charge in [0.15, 0.2) is 8.32 Å². The topological polar surface area (TPSA) is 89.7 Å². The van der Waals surface area contributed by atoms with E-state index in [2.05, 4.69) is 49.1 Å². The maximum Gasteiger partial charge on any atom is 0.407 e. The summed E-state index contributed by atoms with van der Waals surface area (Å²) in [6.07, 6.45) is 3.73. The summed E-state index contributed by atoms with van der Waals surface area (Å²) in [5.74, 6) is 0. The molecule has 1 aromatic heterocycles. The van der Waals surface area contributed by atoms with E-state index in [1.807, 2.05) is 26.8 Å². The largest absolute Gasteiger partial charge is 0.444 e. The molecule has 1 fully saturated rings. The lowest BCUT2D eigenvalue weighted by Crippen LogP contribution is -2.57. The fourth-order valence-electron chi connectivity index (χ4n) is 3.19. The molecule has 3 N–H and O–H groups in total. The zero-order chi connectivity index (χ0) is 22.0. The number of anilines is 2. The summed E-state index contributed by atoms with van der Waals surface area (Å²) in [4.78, 5) is 18.6. The van der Waals surface area contributed by atoms with Crippen molar-refractivity contribution in [1.29, 1.82) is 0 Å². The fraction of sp³-hybridized carbons (Fsp3) is 0.714. The van der Waals surface area contributed by atoms with Crippen LogP contribution in [0.1, 0.15) is 48.0 Å². The molecule has 0 bridgehead atoms. The molecule has 1 saturated heterocycles. The summed E-state index contributed by atoms with van der Waals surface area (Å²) in [6, 6.07) is 1.81. The molecule has 29 heavy (non-hydrogen) atoms. The van der Waals surface area contributed by atoms with Gasteiger partial charge in [-0.15, -0.1) is 0 Å². The number of carbonyl (C=O) groups is 1. The minimum absolute atomic E-state index is 0.00264. The van der Waals surface area contributed by atoms with Crippen molar-refractivity contribution in [2.24, 2.45) is 0 Å². The van der Waals surface area contributed by atoms with E-state index in [0.29, 0.717) is 12.2 Å². The maximum atomic E-state index is 12.4. The predicted octanol–water partition coefficient (Wildman–Crippen LogP) is 4.16. The number of pyridine rings is 1. The number of hydrogen-bond donors (Lipinski definition) is 2. The quantitative estimate of drug-likeness (QED) is 0.708. The molecule has 8 heteroatoms. The van der Waals surface area contributed by atoms with Gasteiger partial charge in [-0.1, -0.05) is 20.8 Å². The Kier molecular flexibility index (Phi) is 6.89. The van der Waals surface area contributed by atoms with Crippen molar-refractivity contribution in [1.82, 2.24) is 10.3 Å². The number of hydrogen-bond acceptors (Lipinski definition) is 6. The van der Waals surface area contributed by atoms with Gasteiger partial charge in [-0.3, -0.25) is 4.98 Å². The number of nitrogens with zero attached hydrogens (tertiary/aromatic N) is 2. The zero-order valence-electron chi connectivity index (χ0n) is 19.2. The van der Waals surface area contributed by atoms with E-state index < -0.39 is 20.0 Å². The lowest BCUT2D eigenvalue weighted by molar-refractivity contribution is 0.0477. The Hall–Kier alpha value is -1.80. The molecule has 0 radical (unpaired) electrons. The number of nitrogens with one attached hydrogen (secondary N) is 1. The summed E-state index contributed by atoms with van der Waals surface area (Å²) in [5.41, 5.74) is 7.18. The van der Waals surface area contributed by atoms with E-state index in [1.165, 1.54) is 0 Å². The van der Waals surface area contributed by atoms with Crippen molar-refractivity contribution in [2.75, 3.05) is 23.7 Å². The van der Waals surface area contributed by atoms with Crippen molar-refractivity contribution >= 4 is 25.8 Å². The van der Waals surface area contributed by atoms with Crippen molar-refractivity contribution in [3.63, 3.8) is 0 Å². The number of rotatable bonds is 4. The molecule has 1 aliphatic rings. The van der Waals surface area contributed by atoms with Crippen molar-refractivity contribution in [3.05, 3.63) is 18.5 Å². The van der Waals surface area contributed by atoms with Crippen LogP contribution in [-0.4, -0.2) is 50.2 Å². The summed E-state index contributed by atoms with van der Waals surface area (Å²) >= 11 is 0. The summed E-state index contributed by atoms with van der Waals surface area (Å²) in [7, 11) is -1.96. The molecule has 1 aliphatic heterocycles. The second-order valence-corrected chi connectivity index (χ2v) is 15.2. The summed E-state index contributed by atoms with van der Waals surface area (Å²) in [5, 5.41) is 3.14. The van der Waals surface area contributed by atoms with E-state index in [-0.39, 0.29) is 17.2 Å². The van der Waals surface area contributed by atoms with E-state index in [4.69, 9.17) is 14.9 Å². The second kappa shape index (κ2) is 8.51. The molecule has 0 aromatic carbocycles. The maximum absolute atomic E-state index is 12.4. The van der Waals surface area contributed by atoms with Crippen LogP contribution in [0.3, 0.4) is 0 Å². The number of alkyl carbamates (subject to hydrolysis) is 1. The van der Waals surface area contributed by atoms with Gasteiger partial charge in [-0.05, 0) is 51.4 Å². The van der Waals surface area contributed by atoms with Crippen LogP contribution in [0.25, 0.3) is 0 Å². The first-order chi connectivity index (χ1) is 13.2. The Labute approximate surface area is 176 Å². The third-order valence-corrected chi connectivity index (χ3v) is 10.1. The van der Waals surface area contributed by atoms with Crippen LogP contribution in [0.5, 0.6) is 0 Å². The Bertz CT molecular complexity index is 713. The molecule has 2 rings (SSSR count). The third-order valence-electron chi connectivity index (χ3n) is 5.57. The summed E-state index contributed by atoms with van der Waals surface area (Å²) in [6.45, 7) is 18.2. The predicted molar refractivity (Wildman–Crippen MR) is 121 cm³/mol.